The summed E-state index contributed by atoms with van der Waals surface area (Å²) in [6, 6.07) is 11.0. The zero-order valence-electron chi connectivity index (χ0n) is 15.7. The summed E-state index contributed by atoms with van der Waals surface area (Å²) in [7, 11) is 0. The Hall–Kier alpha value is -3.04. The third-order valence-corrected chi connectivity index (χ3v) is 5.47. The lowest BCUT2D eigenvalue weighted by atomic mass is 10.3. The van der Waals surface area contributed by atoms with Crippen LogP contribution in [0.25, 0.3) is 11.4 Å². The van der Waals surface area contributed by atoms with E-state index in [4.69, 9.17) is 4.42 Å². The number of hydrogen-bond donors (Lipinski definition) is 1. The van der Waals surface area contributed by atoms with Gasteiger partial charge in [0.25, 0.3) is 5.91 Å². The van der Waals surface area contributed by atoms with Crippen LogP contribution in [0, 0.1) is 13.8 Å². The number of pyridine rings is 1. The highest BCUT2D eigenvalue weighted by molar-refractivity contribution is 7.98. The van der Waals surface area contributed by atoms with Crippen LogP contribution in [0.2, 0.25) is 0 Å². The Morgan fingerprint density at radius 2 is 1.93 bits per heavy atom. The number of nitrogens with one attached hydrogen (secondary N) is 1. The molecule has 4 aromatic rings. The van der Waals surface area contributed by atoms with Gasteiger partial charge < -0.3 is 4.42 Å². The summed E-state index contributed by atoms with van der Waals surface area (Å²) in [6.07, 6.45) is 1.71. The third-order valence-electron chi connectivity index (χ3n) is 3.84. The van der Waals surface area contributed by atoms with Crippen molar-refractivity contribution in [2.45, 2.75) is 24.8 Å². The summed E-state index contributed by atoms with van der Waals surface area (Å²) >= 11 is 2.81. The third kappa shape index (κ3) is 4.87. The van der Waals surface area contributed by atoms with Crippen molar-refractivity contribution in [3.63, 3.8) is 0 Å². The van der Waals surface area contributed by atoms with Gasteiger partial charge in [0.15, 0.2) is 16.0 Å². The Balaban J connectivity index is 1.38. The van der Waals surface area contributed by atoms with Crippen molar-refractivity contribution >= 4 is 34.1 Å². The Morgan fingerprint density at radius 1 is 1.10 bits per heavy atom. The minimum atomic E-state index is -0.342. The lowest BCUT2D eigenvalue weighted by molar-refractivity contribution is 0.0995. The van der Waals surface area contributed by atoms with Crippen molar-refractivity contribution in [3.05, 3.63) is 70.9 Å². The Morgan fingerprint density at radius 3 is 2.69 bits per heavy atom. The van der Waals surface area contributed by atoms with Gasteiger partial charge in [-0.1, -0.05) is 17.8 Å². The number of carbonyl (C=O) groups excluding carboxylic acids is 1. The smallest absolute Gasteiger partial charge is 0.293 e. The first-order valence-electron chi connectivity index (χ1n) is 8.79. The maximum Gasteiger partial charge on any atom is 0.293 e. The van der Waals surface area contributed by atoms with Crippen molar-refractivity contribution in [2.75, 3.05) is 5.32 Å². The van der Waals surface area contributed by atoms with Crippen LogP contribution in [0.5, 0.6) is 0 Å². The fraction of sp³-hybridized carbons (Fsp3) is 0.150. The van der Waals surface area contributed by atoms with E-state index in [0.29, 0.717) is 21.8 Å². The number of thiazole rings is 1. The molecule has 0 fully saturated rings. The fourth-order valence-electron chi connectivity index (χ4n) is 2.59. The van der Waals surface area contributed by atoms with Gasteiger partial charge in [-0.2, -0.15) is 0 Å². The van der Waals surface area contributed by atoms with Crippen molar-refractivity contribution in [1.82, 2.24) is 19.9 Å². The maximum atomic E-state index is 12.5. The van der Waals surface area contributed by atoms with E-state index in [9.17, 15) is 4.79 Å². The second-order valence-corrected chi connectivity index (χ2v) is 8.00. The van der Waals surface area contributed by atoms with Crippen LogP contribution in [0.1, 0.15) is 27.7 Å². The van der Waals surface area contributed by atoms with Crippen molar-refractivity contribution in [1.29, 1.82) is 0 Å². The molecule has 146 valence electrons. The molecule has 7 nitrogen and oxygen atoms in total. The molecular formula is C20H17N5O2S2. The number of nitrogens with zero attached hydrogens (tertiary/aromatic N) is 4. The molecule has 29 heavy (non-hydrogen) atoms. The minimum absolute atomic E-state index is 0.233. The summed E-state index contributed by atoms with van der Waals surface area (Å²) in [5.41, 5.74) is 3.33. The van der Waals surface area contributed by atoms with Crippen LogP contribution in [-0.2, 0) is 5.75 Å². The lowest BCUT2D eigenvalue weighted by Gasteiger charge is -2.01. The fourth-order valence-corrected chi connectivity index (χ4v) is 4.14. The molecule has 4 aromatic heterocycles. The molecule has 1 amide bonds. The molecule has 9 heteroatoms. The quantitative estimate of drug-likeness (QED) is 0.353. The molecule has 0 atom stereocenters. The standard InChI is InChI=1S/C20H17N5O2S2/c1-12-9-13(2)23-19(22-12)28-10-14-6-7-17(27-14)18(26)25-20-24-16(11-29-20)15-5-3-4-8-21-15/h3-9,11H,10H2,1-2H3,(H,24,25,26). The zero-order chi connectivity index (χ0) is 20.2. The number of thioether (sulfide) groups is 1. The number of rotatable bonds is 6. The number of aromatic nitrogens is 4. The van der Waals surface area contributed by atoms with Gasteiger partial charge in [-0.25, -0.2) is 15.0 Å². The Bertz CT molecular complexity index is 1120. The first-order chi connectivity index (χ1) is 14.1. The van der Waals surface area contributed by atoms with E-state index in [1.165, 1.54) is 23.1 Å². The first kappa shape index (κ1) is 19.3. The number of carbonyl (C=O) groups is 1. The Labute approximate surface area is 175 Å². The molecule has 0 aliphatic rings. The molecule has 0 saturated carbocycles. The summed E-state index contributed by atoms with van der Waals surface area (Å²) in [5, 5.41) is 5.80. The van der Waals surface area contributed by atoms with Crippen LogP contribution in [0.3, 0.4) is 0 Å². The average Bonchev–Trinajstić information content (AvgIpc) is 3.36. The monoisotopic (exact) mass is 423 g/mol. The number of aryl methyl sites for hydroxylation is 2. The number of furan rings is 1. The van der Waals surface area contributed by atoms with E-state index in [1.807, 2.05) is 43.5 Å². The molecule has 0 aromatic carbocycles. The molecule has 0 unspecified atom stereocenters. The van der Waals surface area contributed by atoms with Gasteiger partial charge >= 0.3 is 0 Å². The van der Waals surface area contributed by atoms with E-state index in [-0.39, 0.29) is 11.7 Å². The summed E-state index contributed by atoms with van der Waals surface area (Å²) in [5.74, 6) is 1.11. The van der Waals surface area contributed by atoms with Crippen molar-refractivity contribution in [3.8, 4) is 11.4 Å². The van der Waals surface area contributed by atoms with Crippen LogP contribution >= 0.6 is 23.1 Å². The van der Waals surface area contributed by atoms with Crippen LogP contribution < -0.4 is 5.32 Å². The number of amides is 1. The zero-order valence-corrected chi connectivity index (χ0v) is 17.4. The van der Waals surface area contributed by atoms with Gasteiger partial charge in [0.2, 0.25) is 0 Å². The average molecular weight is 424 g/mol. The minimum Gasteiger partial charge on any atom is -0.455 e. The van der Waals surface area contributed by atoms with Crippen molar-refractivity contribution < 1.29 is 9.21 Å². The molecule has 0 aliphatic heterocycles. The molecule has 4 heterocycles. The number of hydrogen-bond acceptors (Lipinski definition) is 8. The lowest BCUT2D eigenvalue weighted by Crippen LogP contribution is -2.10. The first-order valence-corrected chi connectivity index (χ1v) is 10.7. The van der Waals surface area contributed by atoms with Gasteiger partial charge in [0.1, 0.15) is 11.5 Å². The SMILES string of the molecule is Cc1cc(C)nc(SCc2ccc(C(=O)Nc3nc(-c4ccccn4)cs3)o2)n1. The summed E-state index contributed by atoms with van der Waals surface area (Å²) in [6.45, 7) is 3.87. The van der Waals surface area contributed by atoms with E-state index in [2.05, 4.69) is 25.3 Å². The molecule has 0 bridgehead atoms. The second-order valence-electron chi connectivity index (χ2n) is 6.19. The normalized spacial score (nSPS) is 10.8. The molecule has 0 saturated heterocycles. The predicted octanol–water partition coefficient (Wildman–Crippen LogP) is 4.75. The predicted molar refractivity (Wildman–Crippen MR) is 113 cm³/mol. The topological polar surface area (TPSA) is 93.8 Å². The molecule has 1 N–H and O–H groups in total. The van der Waals surface area contributed by atoms with Crippen LogP contribution in [0.4, 0.5) is 5.13 Å². The molecule has 4 rings (SSSR count). The van der Waals surface area contributed by atoms with Crippen LogP contribution in [0.15, 0.2) is 57.5 Å². The highest BCUT2D eigenvalue weighted by atomic mass is 32.2. The molecule has 0 aliphatic carbocycles. The summed E-state index contributed by atoms with van der Waals surface area (Å²) in [4.78, 5) is 29.9. The largest absolute Gasteiger partial charge is 0.455 e. The van der Waals surface area contributed by atoms with E-state index < -0.39 is 0 Å². The maximum absolute atomic E-state index is 12.5. The van der Waals surface area contributed by atoms with Gasteiger partial charge in [-0.3, -0.25) is 15.1 Å². The van der Waals surface area contributed by atoms with Crippen LogP contribution in [-0.4, -0.2) is 25.8 Å². The molecule has 0 radical (unpaired) electrons. The van der Waals surface area contributed by atoms with E-state index in [1.54, 1.807) is 18.3 Å². The van der Waals surface area contributed by atoms with E-state index >= 15 is 0 Å². The highest BCUT2D eigenvalue weighted by Crippen LogP contribution is 2.25. The van der Waals surface area contributed by atoms with E-state index in [0.717, 1.165) is 22.8 Å². The van der Waals surface area contributed by atoms with Gasteiger partial charge in [0.05, 0.1) is 11.4 Å². The second kappa shape index (κ2) is 8.54. The molecular weight excluding hydrogens is 406 g/mol. The van der Waals surface area contributed by atoms with Gasteiger partial charge in [0, 0.05) is 23.0 Å². The number of anilines is 1. The van der Waals surface area contributed by atoms with Gasteiger partial charge in [-0.05, 0) is 44.2 Å². The van der Waals surface area contributed by atoms with Crippen molar-refractivity contribution in [2.24, 2.45) is 0 Å². The highest BCUT2D eigenvalue weighted by Gasteiger charge is 2.15. The molecule has 0 spiro atoms. The van der Waals surface area contributed by atoms with Gasteiger partial charge in [-0.15, -0.1) is 11.3 Å². The summed E-state index contributed by atoms with van der Waals surface area (Å²) < 4.78 is 5.67. The Kier molecular flexibility index (Phi) is 5.68.